The predicted octanol–water partition coefficient (Wildman–Crippen LogP) is 5.13. The molecule has 30 heavy (non-hydrogen) atoms. The van der Waals surface area contributed by atoms with Crippen molar-refractivity contribution in [2.24, 2.45) is 0 Å². The van der Waals surface area contributed by atoms with Crippen molar-refractivity contribution in [3.8, 4) is 11.1 Å². The SMILES string of the molecule is O=C(Nc1ccccc1-c1ccccc1)C1CCCN1C(=O)Nc1cccc(F)c1. The van der Waals surface area contributed by atoms with Gasteiger partial charge in [-0.2, -0.15) is 0 Å². The van der Waals surface area contributed by atoms with Gasteiger partial charge in [0.05, 0.1) is 0 Å². The lowest BCUT2D eigenvalue weighted by Crippen LogP contribution is -2.45. The van der Waals surface area contributed by atoms with E-state index in [0.717, 1.165) is 17.5 Å². The van der Waals surface area contributed by atoms with E-state index in [1.54, 1.807) is 6.07 Å². The summed E-state index contributed by atoms with van der Waals surface area (Å²) in [6.07, 6.45) is 1.31. The van der Waals surface area contributed by atoms with Crippen LogP contribution in [0.1, 0.15) is 12.8 Å². The minimum atomic E-state index is -0.581. The molecule has 1 aliphatic heterocycles. The van der Waals surface area contributed by atoms with Crippen LogP contribution in [-0.2, 0) is 4.79 Å². The van der Waals surface area contributed by atoms with Crippen LogP contribution in [0.2, 0.25) is 0 Å². The summed E-state index contributed by atoms with van der Waals surface area (Å²) in [5, 5.41) is 5.67. The van der Waals surface area contributed by atoms with Crippen LogP contribution in [-0.4, -0.2) is 29.4 Å². The first-order valence-electron chi connectivity index (χ1n) is 9.90. The summed E-state index contributed by atoms with van der Waals surface area (Å²) in [6.45, 7) is 0.472. The van der Waals surface area contributed by atoms with E-state index in [1.165, 1.54) is 23.1 Å². The number of hydrogen-bond acceptors (Lipinski definition) is 2. The number of halogens is 1. The molecule has 4 rings (SSSR count). The lowest BCUT2D eigenvalue weighted by molar-refractivity contribution is -0.119. The molecule has 6 heteroatoms. The highest BCUT2D eigenvalue weighted by atomic mass is 19.1. The number of carbonyl (C=O) groups is 2. The van der Waals surface area contributed by atoms with Crippen molar-refractivity contribution in [1.29, 1.82) is 0 Å². The molecule has 0 spiro atoms. The zero-order valence-electron chi connectivity index (χ0n) is 16.3. The van der Waals surface area contributed by atoms with Gasteiger partial charge in [-0.15, -0.1) is 0 Å². The summed E-state index contributed by atoms with van der Waals surface area (Å²) < 4.78 is 13.4. The fourth-order valence-corrected chi connectivity index (χ4v) is 3.72. The standard InChI is InChI=1S/C24H22FN3O2/c25-18-10-6-11-19(16-18)26-24(30)28-15-7-14-22(28)23(29)27-21-13-5-4-12-20(21)17-8-2-1-3-9-17/h1-6,8-13,16,22H,7,14-15H2,(H,26,30)(H,27,29). The predicted molar refractivity (Wildman–Crippen MR) is 116 cm³/mol. The number of nitrogens with one attached hydrogen (secondary N) is 2. The fourth-order valence-electron chi connectivity index (χ4n) is 3.72. The number of rotatable bonds is 4. The molecule has 1 atom stereocenters. The first-order chi connectivity index (χ1) is 14.6. The average molecular weight is 403 g/mol. The largest absolute Gasteiger partial charge is 0.324 e. The number of urea groups is 1. The average Bonchev–Trinajstić information content (AvgIpc) is 3.25. The smallest absolute Gasteiger partial charge is 0.322 e. The van der Waals surface area contributed by atoms with Gasteiger partial charge < -0.3 is 15.5 Å². The molecule has 1 unspecified atom stereocenters. The van der Waals surface area contributed by atoms with Crippen LogP contribution in [0.4, 0.5) is 20.6 Å². The van der Waals surface area contributed by atoms with Crippen LogP contribution in [0.3, 0.4) is 0 Å². The third kappa shape index (κ3) is 4.33. The molecule has 1 fully saturated rings. The van der Waals surface area contributed by atoms with Gasteiger partial charge in [0.15, 0.2) is 0 Å². The Labute approximate surface area is 174 Å². The topological polar surface area (TPSA) is 61.4 Å². The monoisotopic (exact) mass is 403 g/mol. The Hall–Kier alpha value is -3.67. The number of benzene rings is 3. The molecule has 1 aliphatic rings. The highest BCUT2D eigenvalue weighted by molar-refractivity contribution is 6.01. The maximum Gasteiger partial charge on any atom is 0.322 e. The molecule has 0 aliphatic carbocycles. The van der Waals surface area contributed by atoms with E-state index >= 15 is 0 Å². The van der Waals surface area contributed by atoms with Crippen molar-refractivity contribution in [2.45, 2.75) is 18.9 Å². The van der Waals surface area contributed by atoms with E-state index in [2.05, 4.69) is 10.6 Å². The van der Waals surface area contributed by atoms with Gasteiger partial charge in [-0.25, -0.2) is 9.18 Å². The van der Waals surface area contributed by atoms with E-state index in [1.807, 2.05) is 54.6 Å². The number of carbonyl (C=O) groups excluding carboxylic acids is 2. The van der Waals surface area contributed by atoms with Crippen LogP contribution in [0.15, 0.2) is 78.9 Å². The summed E-state index contributed by atoms with van der Waals surface area (Å²) in [5.74, 6) is -0.661. The Morgan fingerprint density at radius 1 is 0.900 bits per heavy atom. The van der Waals surface area contributed by atoms with Crippen LogP contribution < -0.4 is 10.6 Å². The molecule has 1 heterocycles. The van der Waals surface area contributed by atoms with Gasteiger partial charge in [0.25, 0.3) is 0 Å². The maximum absolute atomic E-state index is 13.4. The Balaban J connectivity index is 1.49. The van der Waals surface area contributed by atoms with Crippen molar-refractivity contribution < 1.29 is 14.0 Å². The van der Waals surface area contributed by atoms with Gasteiger partial charge >= 0.3 is 6.03 Å². The van der Waals surface area contributed by atoms with Crippen molar-refractivity contribution in [2.75, 3.05) is 17.2 Å². The van der Waals surface area contributed by atoms with E-state index in [0.29, 0.717) is 24.3 Å². The second kappa shape index (κ2) is 8.78. The second-order valence-electron chi connectivity index (χ2n) is 7.19. The zero-order chi connectivity index (χ0) is 20.9. The van der Waals surface area contributed by atoms with Gasteiger partial charge in [0.2, 0.25) is 5.91 Å². The fraction of sp³-hybridized carbons (Fsp3) is 0.167. The highest BCUT2D eigenvalue weighted by Gasteiger charge is 2.34. The van der Waals surface area contributed by atoms with Gasteiger partial charge in [0, 0.05) is 23.5 Å². The number of amides is 3. The molecule has 2 N–H and O–H groups in total. The molecule has 0 saturated carbocycles. The zero-order valence-corrected chi connectivity index (χ0v) is 16.3. The molecule has 5 nitrogen and oxygen atoms in total. The van der Waals surface area contributed by atoms with Crippen molar-refractivity contribution in [3.05, 3.63) is 84.7 Å². The highest BCUT2D eigenvalue weighted by Crippen LogP contribution is 2.29. The van der Waals surface area contributed by atoms with Crippen molar-refractivity contribution in [3.63, 3.8) is 0 Å². The summed E-state index contributed by atoms with van der Waals surface area (Å²) in [6, 6.07) is 22.1. The number of nitrogens with zero attached hydrogens (tertiary/aromatic N) is 1. The van der Waals surface area contributed by atoms with Crippen molar-refractivity contribution in [1.82, 2.24) is 4.90 Å². The van der Waals surface area contributed by atoms with Crippen LogP contribution in [0.25, 0.3) is 11.1 Å². The van der Waals surface area contributed by atoms with Crippen molar-refractivity contribution >= 4 is 23.3 Å². The number of hydrogen-bond donors (Lipinski definition) is 2. The summed E-state index contributed by atoms with van der Waals surface area (Å²) in [7, 11) is 0. The summed E-state index contributed by atoms with van der Waals surface area (Å²) in [4.78, 5) is 27.2. The molecule has 3 aromatic carbocycles. The second-order valence-corrected chi connectivity index (χ2v) is 7.19. The Kier molecular flexibility index (Phi) is 5.75. The molecular weight excluding hydrogens is 381 g/mol. The Bertz CT molecular complexity index is 1060. The number of anilines is 2. The van der Waals surface area contributed by atoms with Gasteiger partial charge in [-0.05, 0) is 42.7 Å². The molecule has 3 aromatic rings. The molecule has 3 amide bonds. The maximum atomic E-state index is 13.4. The Morgan fingerprint density at radius 3 is 2.47 bits per heavy atom. The van der Waals surface area contributed by atoms with E-state index in [-0.39, 0.29) is 5.91 Å². The third-order valence-corrected chi connectivity index (χ3v) is 5.16. The van der Waals surface area contributed by atoms with Crippen LogP contribution in [0.5, 0.6) is 0 Å². The van der Waals surface area contributed by atoms with Crippen LogP contribution >= 0.6 is 0 Å². The quantitative estimate of drug-likeness (QED) is 0.635. The molecule has 1 saturated heterocycles. The first-order valence-corrected chi connectivity index (χ1v) is 9.90. The normalized spacial score (nSPS) is 15.6. The van der Waals surface area contributed by atoms with E-state index in [9.17, 15) is 14.0 Å². The third-order valence-electron chi connectivity index (χ3n) is 5.16. The van der Waals surface area contributed by atoms with Gasteiger partial charge in [-0.3, -0.25) is 4.79 Å². The summed E-state index contributed by atoms with van der Waals surface area (Å²) >= 11 is 0. The molecule has 0 radical (unpaired) electrons. The lowest BCUT2D eigenvalue weighted by Gasteiger charge is -2.24. The number of para-hydroxylation sites is 1. The summed E-state index contributed by atoms with van der Waals surface area (Å²) in [5.41, 5.74) is 2.98. The van der Waals surface area contributed by atoms with Crippen LogP contribution in [0, 0.1) is 5.82 Å². The van der Waals surface area contributed by atoms with Gasteiger partial charge in [0.1, 0.15) is 11.9 Å². The molecule has 152 valence electrons. The minimum Gasteiger partial charge on any atom is -0.324 e. The van der Waals surface area contributed by atoms with E-state index in [4.69, 9.17) is 0 Å². The molecule has 0 bridgehead atoms. The van der Waals surface area contributed by atoms with Gasteiger partial charge in [-0.1, -0.05) is 54.6 Å². The molecular formula is C24H22FN3O2. The molecule has 0 aromatic heterocycles. The minimum absolute atomic E-state index is 0.231. The number of likely N-dealkylation sites (tertiary alicyclic amines) is 1. The first kappa shape index (κ1) is 19.6. The van der Waals surface area contributed by atoms with E-state index < -0.39 is 17.9 Å². The Morgan fingerprint density at radius 2 is 1.67 bits per heavy atom. The lowest BCUT2D eigenvalue weighted by atomic mass is 10.0.